The molecule has 0 atom stereocenters. The van der Waals surface area contributed by atoms with Crippen LogP contribution in [0.4, 0.5) is 0 Å². The molecule has 0 saturated carbocycles. The number of rotatable bonds is 7. The van der Waals surface area contributed by atoms with Crippen LogP contribution in [0.3, 0.4) is 0 Å². The average Bonchev–Trinajstić information content (AvgIpc) is 2.69. The average molecular weight is 349 g/mol. The fourth-order valence-electron chi connectivity index (χ4n) is 2.46. The van der Waals surface area contributed by atoms with Gasteiger partial charge in [0.1, 0.15) is 5.75 Å². The van der Waals surface area contributed by atoms with Crippen LogP contribution in [0, 0.1) is 0 Å². The highest BCUT2D eigenvalue weighted by Gasteiger charge is 2.15. The molecule has 0 amide bonds. The van der Waals surface area contributed by atoms with Crippen LogP contribution in [-0.2, 0) is 0 Å². The van der Waals surface area contributed by atoms with E-state index in [2.05, 4.69) is 23.9 Å². The SMILES string of the molecule is CC.CC.C[B]N1CCN(CCCOc2ccc(B(O)O)cc2)CC1. The minimum atomic E-state index is -1.42. The predicted octanol–water partition coefficient (Wildman–Crippen LogP) is 1.47. The molecule has 1 aliphatic rings. The first-order valence-corrected chi connectivity index (χ1v) is 9.54. The molecule has 0 aliphatic carbocycles. The van der Waals surface area contributed by atoms with Gasteiger partial charge in [-0.05, 0) is 37.1 Å². The van der Waals surface area contributed by atoms with Crippen LogP contribution < -0.4 is 10.2 Å². The van der Waals surface area contributed by atoms with Crippen molar-refractivity contribution >= 4 is 20.0 Å². The molecule has 1 aromatic carbocycles. The summed E-state index contributed by atoms with van der Waals surface area (Å²) in [6, 6.07) is 6.87. The minimum absolute atomic E-state index is 0.480. The first-order valence-electron chi connectivity index (χ1n) is 9.54. The standard InChI is InChI=1S/C14H23B2N2O3.2C2H6/c1-15-18-10-8-17(9-11-18)7-2-12-21-14-5-3-13(4-6-14)16(19)20;2*1-2/h3-6,19-20H,2,7-12H2,1H3;2*1-2H3. The maximum absolute atomic E-state index is 9.01. The third-order valence-corrected chi connectivity index (χ3v) is 3.84. The molecule has 1 heterocycles. The Bertz CT molecular complexity index is 411. The quantitative estimate of drug-likeness (QED) is 0.577. The van der Waals surface area contributed by atoms with Crippen molar-refractivity contribution in [3.63, 3.8) is 0 Å². The monoisotopic (exact) mass is 349 g/mol. The van der Waals surface area contributed by atoms with Crippen LogP contribution in [0.15, 0.2) is 24.3 Å². The molecule has 25 heavy (non-hydrogen) atoms. The number of piperazine rings is 1. The highest BCUT2D eigenvalue weighted by Crippen LogP contribution is 2.08. The Morgan fingerprint density at radius 2 is 1.56 bits per heavy atom. The minimum Gasteiger partial charge on any atom is -0.494 e. The molecule has 0 bridgehead atoms. The maximum atomic E-state index is 9.01. The van der Waals surface area contributed by atoms with E-state index in [1.807, 2.05) is 27.7 Å². The molecule has 1 aromatic rings. The summed E-state index contributed by atoms with van der Waals surface area (Å²) in [6.45, 7) is 16.3. The Morgan fingerprint density at radius 3 is 2.04 bits per heavy atom. The topological polar surface area (TPSA) is 56.2 Å². The molecule has 1 radical (unpaired) electrons. The van der Waals surface area contributed by atoms with Gasteiger partial charge in [0.25, 0.3) is 0 Å². The Labute approximate surface area is 155 Å². The van der Waals surface area contributed by atoms with Gasteiger partial charge in [0, 0.05) is 19.6 Å². The second kappa shape index (κ2) is 15.3. The number of hydrogen-bond acceptors (Lipinski definition) is 5. The molecule has 0 unspecified atom stereocenters. The van der Waals surface area contributed by atoms with E-state index in [0.29, 0.717) is 12.1 Å². The summed E-state index contributed by atoms with van der Waals surface area (Å²) in [4.78, 5) is 4.82. The van der Waals surface area contributed by atoms with Crippen LogP contribution in [0.5, 0.6) is 5.75 Å². The van der Waals surface area contributed by atoms with Crippen molar-refractivity contribution in [2.45, 2.75) is 40.9 Å². The summed E-state index contributed by atoms with van der Waals surface area (Å²) >= 11 is 0. The fraction of sp³-hybridized carbons (Fsp3) is 0.667. The number of benzene rings is 1. The van der Waals surface area contributed by atoms with Crippen molar-refractivity contribution in [2.75, 3.05) is 39.3 Å². The number of nitrogens with zero attached hydrogens (tertiary/aromatic N) is 2. The zero-order valence-corrected chi connectivity index (χ0v) is 16.6. The van der Waals surface area contributed by atoms with E-state index >= 15 is 0 Å². The Morgan fingerprint density at radius 1 is 1.00 bits per heavy atom. The van der Waals surface area contributed by atoms with E-state index in [9.17, 15) is 0 Å². The molecular formula is C18H35B2N2O3. The van der Waals surface area contributed by atoms with E-state index < -0.39 is 7.12 Å². The van der Waals surface area contributed by atoms with Gasteiger partial charge in [-0.3, -0.25) is 0 Å². The Hall–Kier alpha value is -1.01. The van der Waals surface area contributed by atoms with Crippen molar-refractivity contribution < 1.29 is 14.8 Å². The van der Waals surface area contributed by atoms with E-state index in [1.165, 1.54) is 0 Å². The molecule has 2 N–H and O–H groups in total. The normalized spacial score (nSPS) is 14.5. The zero-order valence-electron chi connectivity index (χ0n) is 16.6. The summed E-state index contributed by atoms with van der Waals surface area (Å²) in [7, 11) is 0.742. The van der Waals surface area contributed by atoms with Gasteiger partial charge in [0.2, 0.25) is 7.41 Å². The van der Waals surface area contributed by atoms with Gasteiger partial charge in [-0.25, -0.2) is 0 Å². The largest absolute Gasteiger partial charge is 0.494 e. The molecule has 1 fully saturated rings. The van der Waals surface area contributed by atoms with E-state index in [1.54, 1.807) is 24.3 Å². The fourth-order valence-corrected chi connectivity index (χ4v) is 2.46. The molecule has 5 nitrogen and oxygen atoms in total. The van der Waals surface area contributed by atoms with E-state index in [4.69, 9.17) is 14.8 Å². The number of hydrogen-bond donors (Lipinski definition) is 2. The summed E-state index contributed by atoms with van der Waals surface area (Å²) < 4.78 is 5.67. The van der Waals surface area contributed by atoms with Gasteiger partial charge >= 0.3 is 7.12 Å². The molecule has 0 aromatic heterocycles. The van der Waals surface area contributed by atoms with Crippen molar-refractivity contribution in [2.24, 2.45) is 0 Å². The van der Waals surface area contributed by atoms with Gasteiger partial charge in [0.05, 0.1) is 6.61 Å². The van der Waals surface area contributed by atoms with Gasteiger partial charge in [-0.2, -0.15) is 0 Å². The van der Waals surface area contributed by atoms with Crippen molar-refractivity contribution in [1.82, 2.24) is 9.71 Å². The second-order valence-corrected chi connectivity index (χ2v) is 5.28. The lowest BCUT2D eigenvalue weighted by atomic mass is 9.80. The summed E-state index contributed by atoms with van der Waals surface area (Å²) in [5, 5.41) is 18.0. The van der Waals surface area contributed by atoms with Gasteiger partial charge in [0.15, 0.2) is 0 Å². The molecule has 0 spiro atoms. The first kappa shape index (κ1) is 24.0. The van der Waals surface area contributed by atoms with Crippen LogP contribution >= 0.6 is 0 Å². The zero-order chi connectivity index (χ0) is 19.1. The smallest absolute Gasteiger partial charge is 0.488 e. The van der Waals surface area contributed by atoms with Crippen LogP contribution in [-0.4, -0.2) is 73.6 Å². The number of ether oxygens (including phenoxy) is 1. The Kier molecular flexibility index (Phi) is 14.6. The molecule has 7 heteroatoms. The van der Waals surface area contributed by atoms with Crippen LogP contribution in [0.1, 0.15) is 34.1 Å². The highest BCUT2D eigenvalue weighted by molar-refractivity contribution is 6.58. The van der Waals surface area contributed by atoms with E-state index in [0.717, 1.165) is 44.9 Å². The summed E-state index contributed by atoms with van der Waals surface area (Å²) in [5.74, 6) is 0.768. The molecule has 141 valence electrons. The van der Waals surface area contributed by atoms with Crippen molar-refractivity contribution in [1.29, 1.82) is 0 Å². The maximum Gasteiger partial charge on any atom is 0.488 e. The lowest BCUT2D eigenvalue weighted by Gasteiger charge is -2.34. The molecule has 1 aliphatic heterocycles. The van der Waals surface area contributed by atoms with Gasteiger partial charge in [-0.15, -0.1) is 0 Å². The van der Waals surface area contributed by atoms with Crippen molar-refractivity contribution in [3.05, 3.63) is 24.3 Å². The third-order valence-electron chi connectivity index (χ3n) is 3.84. The van der Waals surface area contributed by atoms with Gasteiger partial charge in [-0.1, -0.05) is 46.7 Å². The van der Waals surface area contributed by atoms with Crippen LogP contribution in [0.25, 0.3) is 0 Å². The van der Waals surface area contributed by atoms with Gasteiger partial charge < -0.3 is 24.5 Å². The summed E-state index contributed by atoms with van der Waals surface area (Å²) in [6.07, 6.45) is 1.00. The second-order valence-electron chi connectivity index (χ2n) is 5.28. The first-order chi connectivity index (χ1) is 12.2. The molecule has 2 rings (SSSR count). The Balaban J connectivity index is 0.00000134. The molecule has 1 saturated heterocycles. The molecular weight excluding hydrogens is 314 g/mol. The van der Waals surface area contributed by atoms with E-state index in [-0.39, 0.29) is 0 Å². The van der Waals surface area contributed by atoms with Crippen LogP contribution in [0.2, 0.25) is 6.82 Å². The lowest BCUT2D eigenvalue weighted by Crippen LogP contribution is -2.47. The van der Waals surface area contributed by atoms with Crippen molar-refractivity contribution in [3.8, 4) is 5.75 Å². The highest BCUT2D eigenvalue weighted by atomic mass is 16.5. The summed E-state index contributed by atoms with van der Waals surface area (Å²) in [5.41, 5.74) is 0.480. The predicted molar refractivity (Wildman–Crippen MR) is 109 cm³/mol. The lowest BCUT2D eigenvalue weighted by molar-refractivity contribution is 0.175. The third kappa shape index (κ3) is 9.90.